The molecule has 0 spiro atoms. The molecule has 3 nitrogen and oxygen atoms in total. The van der Waals surface area contributed by atoms with E-state index in [1.807, 2.05) is 12.1 Å². The van der Waals surface area contributed by atoms with Crippen LogP contribution in [0.3, 0.4) is 0 Å². The smallest absolute Gasteiger partial charge is 0.0468 e. The standard InChI is InChI=1S/C14H21ClN2O/c1-18-5-4-14(2-3-14)10-17-9-11-6-12(15)8-13(16)7-11/h6-8,17H,2-5,9-10,16H2,1H3. The van der Waals surface area contributed by atoms with Crippen LogP contribution < -0.4 is 11.1 Å². The fourth-order valence-electron chi connectivity index (χ4n) is 2.26. The number of nitrogens with one attached hydrogen (secondary N) is 1. The molecular weight excluding hydrogens is 248 g/mol. The first-order valence-electron chi connectivity index (χ1n) is 6.38. The Morgan fingerprint density at radius 3 is 2.78 bits per heavy atom. The Balaban J connectivity index is 1.78. The molecule has 0 unspecified atom stereocenters. The van der Waals surface area contributed by atoms with Crippen LogP contribution in [0.25, 0.3) is 0 Å². The van der Waals surface area contributed by atoms with Crippen LogP contribution in [0, 0.1) is 5.41 Å². The lowest BCUT2D eigenvalue weighted by atomic mass is 10.0. The number of rotatable bonds is 7. The highest BCUT2D eigenvalue weighted by atomic mass is 35.5. The topological polar surface area (TPSA) is 47.3 Å². The van der Waals surface area contributed by atoms with Gasteiger partial charge in [-0.15, -0.1) is 0 Å². The van der Waals surface area contributed by atoms with Gasteiger partial charge in [-0.2, -0.15) is 0 Å². The average Bonchev–Trinajstić information content (AvgIpc) is 3.06. The summed E-state index contributed by atoms with van der Waals surface area (Å²) in [6.07, 6.45) is 3.76. The van der Waals surface area contributed by atoms with Crippen molar-refractivity contribution >= 4 is 17.3 Å². The predicted octanol–water partition coefficient (Wildman–Crippen LogP) is 2.83. The summed E-state index contributed by atoms with van der Waals surface area (Å²) < 4.78 is 5.15. The highest BCUT2D eigenvalue weighted by molar-refractivity contribution is 6.30. The van der Waals surface area contributed by atoms with Crippen LogP contribution in [0.1, 0.15) is 24.8 Å². The highest BCUT2D eigenvalue weighted by Gasteiger charge is 2.41. The van der Waals surface area contributed by atoms with E-state index >= 15 is 0 Å². The molecule has 100 valence electrons. The van der Waals surface area contributed by atoms with Gasteiger partial charge < -0.3 is 15.8 Å². The van der Waals surface area contributed by atoms with Crippen molar-refractivity contribution in [2.45, 2.75) is 25.8 Å². The van der Waals surface area contributed by atoms with Gasteiger partial charge in [0.1, 0.15) is 0 Å². The molecule has 0 heterocycles. The summed E-state index contributed by atoms with van der Waals surface area (Å²) in [6.45, 7) is 2.72. The van der Waals surface area contributed by atoms with E-state index in [1.54, 1.807) is 13.2 Å². The zero-order valence-corrected chi connectivity index (χ0v) is 11.6. The van der Waals surface area contributed by atoms with Crippen molar-refractivity contribution in [3.05, 3.63) is 28.8 Å². The van der Waals surface area contributed by atoms with E-state index in [0.717, 1.165) is 37.4 Å². The van der Waals surface area contributed by atoms with Crippen LogP contribution in [0.15, 0.2) is 18.2 Å². The van der Waals surface area contributed by atoms with Crippen molar-refractivity contribution < 1.29 is 4.74 Å². The van der Waals surface area contributed by atoms with E-state index in [1.165, 1.54) is 12.8 Å². The third-order valence-electron chi connectivity index (χ3n) is 3.60. The Morgan fingerprint density at radius 2 is 2.17 bits per heavy atom. The minimum Gasteiger partial charge on any atom is -0.399 e. The van der Waals surface area contributed by atoms with Gasteiger partial charge in [0, 0.05) is 37.5 Å². The van der Waals surface area contributed by atoms with E-state index in [2.05, 4.69) is 5.32 Å². The monoisotopic (exact) mass is 268 g/mol. The second-order valence-corrected chi connectivity index (χ2v) is 5.68. The van der Waals surface area contributed by atoms with E-state index in [-0.39, 0.29) is 0 Å². The number of anilines is 1. The van der Waals surface area contributed by atoms with E-state index in [0.29, 0.717) is 10.4 Å². The number of nitrogens with two attached hydrogens (primary N) is 1. The van der Waals surface area contributed by atoms with Gasteiger partial charge in [-0.1, -0.05) is 11.6 Å². The number of halogens is 1. The molecule has 0 aromatic heterocycles. The number of benzene rings is 1. The molecule has 1 aliphatic rings. The molecule has 1 saturated carbocycles. The summed E-state index contributed by atoms with van der Waals surface area (Å²) in [6, 6.07) is 5.69. The molecule has 1 aliphatic carbocycles. The summed E-state index contributed by atoms with van der Waals surface area (Å²) >= 11 is 5.98. The van der Waals surface area contributed by atoms with Crippen LogP contribution in [0.5, 0.6) is 0 Å². The maximum atomic E-state index is 5.98. The summed E-state index contributed by atoms with van der Waals surface area (Å²) in [4.78, 5) is 0. The molecule has 0 saturated heterocycles. The summed E-state index contributed by atoms with van der Waals surface area (Å²) in [5.74, 6) is 0. The third-order valence-corrected chi connectivity index (χ3v) is 3.82. The molecule has 3 N–H and O–H groups in total. The number of ether oxygens (including phenoxy) is 1. The average molecular weight is 269 g/mol. The summed E-state index contributed by atoms with van der Waals surface area (Å²) in [7, 11) is 1.76. The first-order valence-corrected chi connectivity index (χ1v) is 6.76. The maximum Gasteiger partial charge on any atom is 0.0468 e. The Kier molecular flexibility index (Phi) is 4.49. The lowest BCUT2D eigenvalue weighted by molar-refractivity contribution is 0.171. The fraction of sp³-hybridized carbons (Fsp3) is 0.571. The van der Waals surface area contributed by atoms with Crippen molar-refractivity contribution in [1.29, 1.82) is 0 Å². The minimum absolute atomic E-state index is 0.472. The Bertz CT molecular complexity index is 385. The van der Waals surface area contributed by atoms with Crippen molar-refractivity contribution in [3.8, 4) is 0 Å². The van der Waals surface area contributed by atoms with Crippen LogP contribution in [-0.2, 0) is 11.3 Å². The SMILES string of the molecule is COCCC1(CNCc2cc(N)cc(Cl)c2)CC1. The maximum absolute atomic E-state index is 5.98. The van der Waals surface area contributed by atoms with Gasteiger partial charge in [0.05, 0.1) is 0 Å². The molecule has 2 rings (SSSR count). The van der Waals surface area contributed by atoms with Crippen LogP contribution in [0.4, 0.5) is 5.69 Å². The predicted molar refractivity (Wildman–Crippen MR) is 75.7 cm³/mol. The summed E-state index contributed by atoms with van der Waals surface area (Å²) in [5, 5.41) is 4.20. The molecule has 1 fully saturated rings. The first kappa shape index (κ1) is 13.7. The van der Waals surface area contributed by atoms with Crippen LogP contribution in [0.2, 0.25) is 5.02 Å². The molecule has 0 radical (unpaired) electrons. The van der Waals surface area contributed by atoms with Gasteiger partial charge in [0.15, 0.2) is 0 Å². The van der Waals surface area contributed by atoms with Gasteiger partial charge in [0.2, 0.25) is 0 Å². The minimum atomic E-state index is 0.472. The van der Waals surface area contributed by atoms with Gasteiger partial charge in [-0.05, 0) is 48.4 Å². The normalized spacial score (nSPS) is 16.8. The Morgan fingerprint density at radius 1 is 1.39 bits per heavy atom. The summed E-state index contributed by atoms with van der Waals surface area (Å²) in [5.41, 5.74) is 8.10. The lowest BCUT2D eigenvalue weighted by Crippen LogP contribution is -2.24. The van der Waals surface area contributed by atoms with E-state index < -0.39 is 0 Å². The molecule has 1 aromatic rings. The molecular formula is C14H21ClN2O. The number of methoxy groups -OCH3 is 1. The van der Waals surface area contributed by atoms with Crippen molar-refractivity contribution in [1.82, 2.24) is 5.32 Å². The van der Waals surface area contributed by atoms with Crippen LogP contribution in [-0.4, -0.2) is 20.3 Å². The Hall–Kier alpha value is -0.770. The molecule has 0 bridgehead atoms. The first-order chi connectivity index (χ1) is 8.63. The molecule has 0 atom stereocenters. The highest BCUT2D eigenvalue weighted by Crippen LogP contribution is 2.48. The van der Waals surface area contributed by atoms with Crippen molar-refractivity contribution in [2.75, 3.05) is 26.0 Å². The Labute approximate surface area is 114 Å². The third kappa shape index (κ3) is 3.87. The van der Waals surface area contributed by atoms with Gasteiger partial charge in [0.25, 0.3) is 0 Å². The van der Waals surface area contributed by atoms with Crippen molar-refractivity contribution in [3.63, 3.8) is 0 Å². The molecule has 1 aromatic carbocycles. The number of nitrogen functional groups attached to an aromatic ring is 1. The zero-order chi connectivity index (χ0) is 13.0. The fourth-order valence-corrected chi connectivity index (χ4v) is 2.53. The van der Waals surface area contributed by atoms with Crippen molar-refractivity contribution in [2.24, 2.45) is 5.41 Å². The molecule has 4 heteroatoms. The van der Waals surface area contributed by atoms with E-state index in [4.69, 9.17) is 22.1 Å². The van der Waals surface area contributed by atoms with Gasteiger partial charge >= 0.3 is 0 Å². The molecule has 18 heavy (non-hydrogen) atoms. The molecule has 0 amide bonds. The van der Waals surface area contributed by atoms with Gasteiger partial charge in [-0.25, -0.2) is 0 Å². The number of hydrogen-bond acceptors (Lipinski definition) is 3. The second kappa shape index (κ2) is 5.91. The largest absolute Gasteiger partial charge is 0.399 e. The second-order valence-electron chi connectivity index (χ2n) is 5.24. The van der Waals surface area contributed by atoms with Gasteiger partial charge in [-0.3, -0.25) is 0 Å². The zero-order valence-electron chi connectivity index (χ0n) is 10.8. The van der Waals surface area contributed by atoms with E-state index in [9.17, 15) is 0 Å². The lowest BCUT2D eigenvalue weighted by Gasteiger charge is -2.15. The quantitative estimate of drug-likeness (QED) is 0.748. The molecule has 0 aliphatic heterocycles. The van der Waals surface area contributed by atoms with Crippen LogP contribution >= 0.6 is 11.6 Å². The number of hydrogen-bond donors (Lipinski definition) is 2.